The zero-order chi connectivity index (χ0) is 11.9. The number of carboxylic acid groups (broad SMARTS) is 1. The molecule has 4 nitrogen and oxygen atoms in total. The first-order chi connectivity index (χ1) is 7.39. The number of carbonyl (C=O) groups is 1. The SMILES string of the molecule is CC1(C)CNc2cc(Cl)cc(C(=O)O)c2O1. The van der Waals surface area contributed by atoms with Crippen LogP contribution in [0.15, 0.2) is 12.1 Å². The van der Waals surface area contributed by atoms with Crippen LogP contribution in [0.2, 0.25) is 5.02 Å². The van der Waals surface area contributed by atoms with E-state index in [9.17, 15) is 4.79 Å². The summed E-state index contributed by atoms with van der Waals surface area (Å²) < 4.78 is 5.66. The second-order valence-electron chi connectivity index (χ2n) is 4.35. The summed E-state index contributed by atoms with van der Waals surface area (Å²) in [7, 11) is 0. The summed E-state index contributed by atoms with van der Waals surface area (Å²) in [6.45, 7) is 4.39. The van der Waals surface area contributed by atoms with Gasteiger partial charge in [0.2, 0.25) is 0 Å². The van der Waals surface area contributed by atoms with Crippen molar-refractivity contribution in [2.75, 3.05) is 11.9 Å². The predicted molar refractivity (Wildman–Crippen MR) is 61.6 cm³/mol. The minimum atomic E-state index is -1.04. The lowest BCUT2D eigenvalue weighted by Gasteiger charge is -2.34. The quantitative estimate of drug-likeness (QED) is 0.794. The Morgan fingerprint density at radius 3 is 2.88 bits per heavy atom. The van der Waals surface area contributed by atoms with E-state index in [4.69, 9.17) is 21.4 Å². The molecule has 0 amide bonds. The average Bonchev–Trinajstić information content (AvgIpc) is 2.16. The molecule has 0 unspecified atom stereocenters. The van der Waals surface area contributed by atoms with Crippen LogP contribution in [-0.4, -0.2) is 23.2 Å². The van der Waals surface area contributed by atoms with Gasteiger partial charge in [0.15, 0.2) is 5.75 Å². The molecule has 0 saturated heterocycles. The smallest absolute Gasteiger partial charge is 0.339 e. The maximum Gasteiger partial charge on any atom is 0.339 e. The van der Waals surface area contributed by atoms with E-state index in [0.29, 0.717) is 23.0 Å². The van der Waals surface area contributed by atoms with Gasteiger partial charge in [-0.05, 0) is 26.0 Å². The molecule has 1 aliphatic heterocycles. The van der Waals surface area contributed by atoms with E-state index in [1.165, 1.54) is 6.07 Å². The van der Waals surface area contributed by atoms with Gasteiger partial charge < -0.3 is 15.2 Å². The third-order valence-electron chi connectivity index (χ3n) is 2.37. The molecule has 0 bridgehead atoms. The molecule has 2 N–H and O–H groups in total. The third-order valence-corrected chi connectivity index (χ3v) is 2.59. The molecule has 0 saturated carbocycles. The fourth-order valence-electron chi connectivity index (χ4n) is 1.61. The van der Waals surface area contributed by atoms with Crippen LogP contribution in [0.25, 0.3) is 0 Å². The summed E-state index contributed by atoms with van der Waals surface area (Å²) in [5.41, 5.74) is 0.289. The van der Waals surface area contributed by atoms with Crippen LogP contribution in [0.1, 0.15) is 24.2 Å². The number of benzene rings is 1. The van der Waals surface area contributed by atoms with Crippen molar-refractivity contribution in [2.45, 2.75) is 19.4 Å². The topological polar surface area (TPSA) is 58.6 Å². The Bertz CT molecular complexity index is 457. The lowest BCUT2D eigenvalue weighted by atomic mass is 10.0. The first-order valence-corrected chi connectivity index (χ1v) is 5.26. The number of fused-ring (bicyclic) bond motifs is 1. The first-order valence-electron chi connectivity index (χ1n) is 4.89. The molecular formula is C11H12ClNO3. The van der Waals surface area contributed by atoms with E-state index in [0.717, 1.165) is 0 Å². The van der Waals surface area contributed by atoms with Gasteiger partial charge in [0, 0.05) is 5.02 Å². The van der Waals surface area contributed by atoms with Gasteiger partial charge in [-0.25, -0.2) is 4.79 Å². The van der Waals surface area contributed by atoms with Crippen molar-refractivity contribution in [2.24, 2.45) is 0 Å². The lowest BCUT2D eigenvalue weighted by Crippen LogP contribution is -2.40. The fraction of sp³-hybridized carbons (Fsp3) is 0.364. The zero-order valence-electron chi connectivity index (χ0n) is 9.00. The van der Waals surface area contributed by atoms with Gasteiger partial charge in [-0.1, -0.05) is 11.6 Å². The molecule has 0 atom stereocenters. The molecule has 5 heteroatoms. The molecule has 1 aliphatic rings. The molecule has 0 aliphatic carbocycles. The molecule has 0 radical (unpaired) electrons. The highest BCUT2D eigenvalue weighted by atomic mass is 35.5. The van der Waals surface area contributed by atoms with Crippen molar-refractivity contribution in [3.63, 3.8) is 0 Å². The maximum absolute atomic E-state index is 11.1. The summed E-state index contributed by atoms with van der Waals surface area (Å²) >= 11 is 5.84. The van der Waals surface area contributed by atoms with Crippen LogP contribution in [0.5, 0.6) is 5.75 Å². The van der Waals surface area contributed by atoms with Gasteiger partial charge >= 0.3 is 5.97 Å². The van der Waals surface area contributed by atoms with Crippen molar-refractivity contribution in [1.82, 2.24) is 0 Å². The van der Waals surface area contributed by atoms with E-state index in [2.05, 4.69) is 5.32 Å². The van der Waals surface area contributed by atoms with E-state index >= 15 is 0 Å². The highest BCUT2D eigenvalue weighted by Crippen LogP contribution is 2.38. The Labute approximate surface area is 98.2 Å². The van der Waals surface area contributed by atoms with E-state index in [1.807, 2.05) is 13.8 Å². The molecule has 86 valence electrons. The Hall–Kier alpha value is -1.42. The number of carboxylic acids is 1. The zero-order valence-corrected chi connectivity index (χ0v) is 9.76. The number of hydrogen-bond donors (Lipinski definition) is 2. The van der Waals surface area contributed by atoms with Gasteiger partial charge in [-0.2, -0.15) is 0 Å². The third kappa shape index (κ3) is 1.93. The van der Waals surface area contributed by atoms with Crippen LogP contribution < -0.4 is 10.1 Å². The van der Waals surface area contributed by atoms with Gasteiger partial charge in [-0.15, -0.1) is 0 Å². The molecule has 0 aromatic heterocycles. The minimum absolute atomic E-state index is 0.0859. The Balaban J connectivity index is 2.56. The number of aromatic carboxylic acids is 1. The highest BCUT2D eigenvalue weighted by molar-refractivity contribution is 6.31. The maximum atomic E-state index is 11.1. The summed E-state index contributed by atoms with van der Waals surface area (Å²) in [5.74, 6) is -0.689. The van der Waals surface area contributed by atoms with Crippen LogP contribution in [-0.2, 0) is 0 Å². The summed E-state index contributed by atoms with van der Waals surface area (Å²) in [6, 6.07) is 3.06. The van der Waals surface area contributed by atoms with E-state index in [-0.39, 0.29) is 5.56 Å². The standard InChI is InChI=1S/C11H12ClNO3/c1-11(2)5-13-8-4-6(12)3-7(10(14)15)9(8)16-11/h3-4,13H,5H2,1-2H3,(H,14,15). The molecule has 0 spiro atoms. The van der Waals surface area contributed by atoms with Crippen LogP contribution in [0.3, 0.4) is 0 Å². The fourth-order valence-corrected chi connectivity index (χ4v) is 1.83. The summed E-state index contributed by atoms with van der Waals surface area (Å²) in [4.78, 5) is 11.1. The molecular weight excluding hydrogens is 230 g/mol. The second kappa shape index (κ2) is 3.56. The van der Waals surface area contributed by atoms with Gasteiger partial charge in [0.1, 0.15) is 11.2 Å². The number of hydrogen-bond acceptors (Lipinski definition) is 3. The van der Waals surface area contributed by atoms with Gasteiger partial charge in [0.05, 0.1) is 12.2 Å². The number of nitrogens with one attached hydrogen (secondary N) is 1. The highest BCUT2D eigenvalue weighted by Gasteiger charge is 2.30. The molecule has 1 aromatic carbocycles. The Morgan fingerprint density at radius 1 is 1.56 bits per heavy atom. The van der Waals surface area contributed by atoms with Crippen LogP contribution in [0, 0.1) is 0 Å². The molecule has 16 heavy (non-hydrogen) atoms. The number of ether oxygens (including phenoxy) is 1. The number of anilines is 1. The minimum Gasteiger partial charge on any atom is -0.483 e. The lowest BCUT2D eigenvalue weighted by molar-refractivity contribution is 0.0676. The Kier molecular flexibility index (Phi) is 2.46. The van der Waals surface area contributed by atoms with E-state index < -0.39 is 11.6 Å². The predicted octanol–water partition coefficient (Wildman–Crippen LogP) is 2.62. The molecule has 0 fully saturated rings. The van der Waals surface area contributed by atoms with Crippen molar-refractivity contribution in [1.29, 1.82) is 0 Å². The van der Waals surface area contributed by atoms with E-state index in [1.54, 1.807) is 6.07 Å². The van der Waals surface area contributed by atoms with Crippen molar-refractivity contribution in [3.8, 4) is 5.75 Å². The van der Waals surface area contributed by atoms with Crippen LogP contribution >= 0.6 is 11.6 Å². The largest absolute Gasteiger partial charge is 0.483 e. The normalized spacial score (nSPS) is 16.9. The van der Waals surface area contributed by atoms with Crippen molar-refractivity contribution in [3.05, 3.63) is 22.7 Å². The van der Waals surface area contributed by atoms with Gasteiger partial charge in [0.25, 0.3) is 0 Å². The number of halogens is 1. The van der Waals surface area contributed by atoms with Crippen molar-refractivity contribution < 1.29 is 14.6 Å². The number of rotatable bonds is 1. The van der Waals surface area contributed by atoms with Crippen molar-refractivity contribution >= 4 is 23.3 Å². The molecule has 2 rings (SSSR count). The second-order valence-corrected chi connectivity index (χ2v) is 4.79. The summed E-state index contributed by atoms with van der Waals surface area (Å²) in [5, 5.41) is 12.6. The summed E-state index contributed by atoms with van der Waals surface area (Å²) in [6.07, 6.45) is 0. The first kappa shape index (κ1) is 11.1. The molecule has 1 aromatic rings. The molecule has 1 heterocycles. The average molecular weight is 242 g/mol. The Morgan fingerprint density at radius 2 is 2.25 bits per heavy atom. The monoisotopic (exact) mass is 241 g/mol. The van der Waals surface area contributed by atoms with Crippen LogP contribution in [0.4, 0.5) is 5.69 Å². The van der Waals surface area contributed by atoms with Gasteiger partial charge in [-0.3, -0.25) is 0 Å².